The summed E-state index contributed by atoms with van der Waals surface area (Å²) >= 11 is 3.52. The van der Waals surface area contributed by atoms with Gasteiger partial charge >= 0.3 is 0 Å². The molecule has 0 aliphatic heterocycles. The van der Waals surface area contributed by atoms with Crippen LogP contribution in [-0.4, -0.2) is 42.1 Å². The molecule has 5 nitrogen and oxygen atoms in total. The zero-order valence-electron chi connectivity index (χ0n) is 13.2. The zero-order valence-corrected chi connectivity index (χ0v) is 14.8. The Morgan fingerprint density at radius 3 is 2.68 bits per heavy atom. The van der Waals surface area contributed by atoms with Gasteiger partial charge in [-0.15, -0.1) is 0 Å². The molecule has 6 heteroatoms. The summed E-state index contributed by atoms with van der Waals surface area (Å²) in [5.41, 5.74) is 1.88. The molecular formula is C16H22BrN5. The second-order valence-electron chi connectivity index (χ2n) is 5.41. The van der Waals surface area contributed by atoms with Gasteiger partial charge in [-0.25, -0.2) is 4.98 Å². The van der Waals surface area contributed by atoms with Crippen LogP contribution in [0.25, 0.3) is 0 Å². The van der Waals surface area contributed by atoms with Gasteiger partial charge in [0.15, 0.2) is 0 Å². The summed E-state index contributed by atoms with van der Waals surface area (Å²) in [6.45, 7) is 3.92. The van der Waals surface area contributed by atoms with E-state index in [0.29, 0.717) is 5.95 Å². The molecule has 0 aliphatic rings. The van der Waals surface area contributed by atoms with Crippen molar-refractivity contribution in [3.05, 3.63) is 40.5 Å². The topological polar surface area (TPSA) is 53.1 Å². The predicted molar refractivity (Wildman–Crippen MR) is 95.9 cm³/mol. The Morgan fingerprint density at radius 1 is 1.18 bits per heavy atom. The van der Waals surface area contributed by atoms with E-state index in [1.54, 1.807) is 0 Å². The second-order valence-corrected chi connectivity index (χ2v) is 6.26. The number of aromatic nitrogens is 2. The minimum atomic E-state index is 0.599. The zero-order chi connectivity index (χ0) is 15.9. The van der Waals surface area contributed by atoms with Crippen LogP contribution in [0.3, 0.4) is 0 Å². The number of anilines is 3. The average Bonchev–Trinajstić information content (AvgIpc) is 2.45. The van der Waals surface area contributed by atoms with Crippen LogP contribution in [0.4, 0.5) is 17.5 Å². The van der Waals surface area contributed by atoms with E-state index in [1.165, 1.54) is 0 Å². The van der Waals surface area contributed by atoms with Gasteiger partial charge in [0, 0.05) is 22.8 Å². The van der Waals surface area contributed by atoms with Crippen LogP contribution in [0.1, 0.15) is 12.1 Å². The molecule has 0 fully saturated rings. The number of nitrogens with one attached hydrogen (secondary N) is 2. The lowest BCUT2D eigenvalue weighted by Crippen LogP contribution is -2.16. The van der Waals surface area contributed by atoms with Gasteiger partial charge in [0.1, 0.15) is 5.82 Å². The Bertz CT molecular complexity index is 615. The summed E-state index contributed by atoms with van der Waals surface area (Å²) in [6, 6.07) is 9.88. The highest BCUT2D eigenvalue weighted by atomic mass is 79.9. The van der Waals surface area contributed by atoms with Crippen molar-refractivity contribution in [3.8, 4) is 0 Å². The van der Waals surface area contributed by atoms with E-state index in [-0.39, 0.29) is 0 Å². The van der Waals surface area contributed by atoms with Crippen molar-refractivity contribution in [1.29, 1.82) is 0 Å². The summed E-state index contributed by atoms with van der Waals surface area (Å²) in [5.74, 6) is 1.45. The molecule has 1 aromatic heterocycles. The Balaban J connectivity index is 2.02. The molecular weight excluding hydrogens is 342 g/mol. The smallest absolute Gasteiger partial charge is 0.229 e. The monoisotopic (exact) mass is 363 g/mol. The first-order valence-electron chi connectivity index (χ1n) is 7.30. The summed E-state index contributed by atoms with van der Waals surface area (Å²) in [6.07, 6.45) is 1.07. The van der Waals surface area contributed by atoms with E-state index in [4.69, 9.17) is 0 Å². The van der Waals surface area contributed by atoms with Crippen molar-refractivity contribution < 1.29 is 0 Å². The molecule has 2 N–H and O–H groups in total. The number of nitrogens with zero attached hydrogens (tertiary/aromatic N) is 3. The van der Waals surface area contributed by atoms with Crippen LogP contribution in [-0.2, 0) is 0 Å². The van der Waals surface area contributed by atoms with Crippen molar-refractivity contribution in [3.63, 3.8) is 0 Å². The molecule has 2 aromatic rings. The van der Waals surface area contributed by atoms with Gasteiger partial charge in [-0.2, -0.15) is 4.98 Å². The third-order valence-corrected chi connectivity index (χ3v) is 3.75. The number of halogens is 1. The third kappa shape index (κ3) is 5.27. The van der Waals surface area contributed by atoms with Crippen molar-refractivity contribution >= 4 is 33.4 Å². The Morgan fingerprint density at radius 2 is 1.95 bits per heavy atom. The highest BCUT2D eigenvalue weighted by Crippen LogP contribution is 2.24. The summed E-state index contributed by atoms with van der Waals surface area (Å²) in [5, 5.41) is 6.60. The van der Waals surface area contributed by atoms with Crippen LogP contribution in [0, 0.1) is 6.92 Å². The predicted octanol–water partition coefficient (Wildman–Crippen LogP) is 3.65. The molecule has 1 aromatic carbocycles. The first kappa shape index (κ1) is 16.7. The van der Waals surface area contributed by atoms with Gasteiger partial charge in [0.2, 0.25) is 5.95 Å². The van der Waals surface area contributed by atoms with Crippen molar-refractivity contribution in [2.45, 2.75) is 13.3 Å². The SMILES string of the molecule is Cc1cc(NCCCN(C)C)nc(Nc2ccccc2Br)n1. The van der Waals surface area contributed by atoms with Gasteiger partial charge in [-0.05, 0) is 62.0 Å². The van der Waals surface area contributed by atoms with Gasteiger partial charge in [0.05, 0.1) is 5.69 Å². The fraction of sp³-hybridized carbons (Fsp3) is 0.375. The molecule has 0 atom stereocenters. The molecule has 22 heavy (non-hydrogen) atoms. The molecule has 0 aliphatic carbocycles. The first-order chi connectivity index (χ1) is 10.5. The molecule has 0 saturated heterocycles. The molecule has 0 bridgehead atoms. The van der Waals surface area contributed by atoms with E-state index in [9.17, 15) is 0 Å². The number of benzene rings is 1. The highest BCUT2D eigenvalue weighted by Gasteiger charge is 2.05. The van der Waals surface area contributed by atoms with Gasteiger partial charge < -0.3 is 15.5 Å². The second kappa shape index (κ2) is 8.10. The highest BCUT2D eigenvalue weighted by molar-refractivity contribution is 9.10. The minimum absolute atomic E-state index is 0.599. The van der Waals surface area contributed by atoms with E-state index in [2.05, 4.69) is 55.5 Å². The van der Waals surface area contributed by atoms with E-state index in [0.717, 1.165) is 41.2 Å². The van der Waals surface area contributed by atoms with Crippen LogP contribution < -0.4 is 10.6 Å². The van der Waals surface area contributed by atoms with Crippen molar-refractivity contribution in [2.24, 2.45) is 0 Å². The molecule has 2 rings (SSSR count). The Labute approximate surface area is 140 Å². The number of para-hydroxylation sites is 1. The Hall–Kier alpha value is -1.66. The maximum Gasteiger partial charge on any atom is 0.229 e. The lowest BCUT2D eigenvalue weighted by Gasteiger charge is -2.12. The summed E-state index contributed by atoms with van der Waals surface area (Å²) < 4.78 is 0.987. The van der Waals surface area contributed by atoms with E-state index >= 15 is 0 Å². The number of hydrogen-bond acceptors (Lipinski definition) is 5. The van der Waals surface area contributed by atoms with Gasteiger partial charge in [-0.1, -0.05) is 12.1 Å². The molecule has 0 spiro atoms. The summed E-state index contributed by atoms with van der Waals surface area (Å²) in [7, 11) is 4.16. The standard InChI is InChI=1S/C16H22BrN5/c1-12-11-15(18-9-6-10-22(2)3)21-16(19-12)20-14-8-5-4-7-13(14)17/h4-5,7-8,11H,6,9-10H2,1-3H3,(H2,18,19,20,21). The van der Waals surface area contributed by atoms with Crippen molar-refractivity contribution in [1.82, 2.24) is 14.9 Å². The summed E-state index contributed by atoms with van der Waals surface area (Å²) in [4.78, 5) is 11.1. The van der Waals surface area contributed by atoms with Gasteiger partial charge in [0.25, 0.3) is 0 Å². The molecule has 0 amide bonds. The van der Waals surface area contributed by atoms with Crippen molar-refractivity contribution in [2.75, 3.05) is 37.8 Å². The largest absolute Gasteiger partial charge is 0.370 e. The first-order valence-corrected chi connectivity index (χ1v) is 8.10. The van der Waals surface area contributed by atoms with E-state index in [1.807, 2.05) is 37.3 Å². The number of aryl methyl sites for hydroxylation is 1. The lowest BCUT2D eigenvalue weighted by molar-refractivity contribution is 0.405. The molecule has 0 radical (unpaired) electrons. The van der Waals surface area contributed by atoms with Crippen LogP contribution in [0.15, 0.2) is 34.8 Å². The van der Waals surface area contributed by atoms with Crippen LogP contribution >= 0.6 is 15.9 Å². The number of hydrogen-bond donors (Lipinski definition) is 2. The third-order valence-electron chi connectivity index (χ3n) is 3.06. The maximum absolute atomic E-state index is 4.52. The van der Waals surface area contributed by atoms with Crippen LogP contribution in [0.5, 0.6) is 0 Å². The molecule has 1 heterocycles. The molecule has 118 valence electrons. The average molecular weight is 364 g/mol. The minimum Gasteiger partial charge on any atom is -0.370 e. The quantitative estimate of drug-likeness (QED) is 0.735. The molecule has 0 unspecified atom stereocenters. The normalized spacial score (nSPS) is 10.8. The maximum atomic E-state index is 4.52. The van der Waals surface area contributed by atoms with Gasteiger partial charge in [-0.3, -0.25) is 0 Å². The number of rotatable bonds is 7. The van der Waals surface area contributed by atoms with Crippen LogP contribution in [0.2, 0.25) is 0 Å². The van der Waals surface area contributed by atoms with E-state index < -0.39 is 0 Å². The Kier molecular flexibility index (Phi) is 6.15. The fourth-order valence-electron chi connectivity index (χ4n) is 2.01. The fourth-order valence-corrected chi connectivity index (χ4v) is 2.39. The lowest BCUT2D eigenvalue weighted by atomic mass is 10.3. The molecule has 0 saturated carbocycles.